The normalized spacial score (nSPS) is 12.2. The van der Waals surface area contributed by atoms with Gasteiger partial charge in [0.25, 0.3) is 0 Å². The van der Waals surface area contributed by atoms with Crippen molar-refractivity contribution in [3.8, 4) is 0 Å². The Morgan fingerprint density at radius 2 is 2.23 bits per heavy atom. The van der Waals surface area contributed by atoms with E-state index in [4.69, 9.17) is 0 Å². The zero-order chi connectivity index (χ0) is 9.47. The lowest BCUT2D eigenvalue weighted by molar-refractivity contribution is 0.0781. The smallest absolute Gasteiger partial charge is 0.153 e. The Labute approximate surface area is 75.8 Å². The molecular weight excluding hydrogens is 166 g/mol. The van der Waals surface area contributed by atoms with Crippen molar-refractivity contribution in [3.63, 3.8) is 0 Å². The van der Waals surface area contributed by atoms with Crippen molar-refractivity contribution >= 4 is 5.65 Å². The molecule has 2 aromatic heterocycles. The summed E-state index contributed by atoms with van der Waals surface area (Å²) < 4.78 is 1.66. The van der Waals surface area contributed by atoms with Crippen LogP contribution in [0.2, 0.25) is 0 Å². The minimum Gasteiger partial charge on any atom is -0.386 e. The van der Waals surface area contributed by atoms with Crippen LogP contribution in [0.3, 0.4) is 0 Å². The van der Waals surface area contributed by atoms with Gasteiger partial charge in [0.05, 0.1) is 11.8 Å². The second-order valence-corrected chi connectivity index (χ2v) is 3.53. The Morgan fingerprint density at radius 1 is 1.46 bits per heavy atom. The third kappa shape index (κ3) is 1.40. The fourth-order valence-corrected chi connectivity index (χ4v) is 1.14. The fourth-order valence-electron chi connectivity index (χ4n) is 1.14. The van der Waals surface area contributed by atoms with Gasteiger partial charge < -0.3 is 5.11 Å². The predicted octanol–water partition coefficient (Wildman–Crippen LogP) is 0.957. The summed E-state index contributed by atoms with van der Waals surface area (Å²) in [5, 5.41) is 13.8. The first-order valence-electron chi connectivity index (χ1n) is 4.09. The van der Waals surface area contributed by atoms with Gasteiger partial charge in [0, 0.05) is 18.0 Å². The zero-order valence-electron chi connectivity index (χ0n) is 7.60. The summed E-state index contributed by atoms with van der Waals surface area (Å²) in [6.45, 7) is 3.45. The quantitative estimate of drug-likeness (QED) is 0.705. The molecule has 13 heavy (non-hydrogen) atoms. The molecule has 0 unspecified atom stereocenters. The maximum atomic E-state index is 9.71. The van der Waals surface area contributed by atoms with Crippen LogP contribution < -0.4 is 0 Å². The number of hydrogen-bond donors (Lipinski definition) is 1. The van der Waals surface area contributed by atoms with Crippen molar-refractivity contribution in [2.75, 3.05) is 0 Å². The van der Waals surface area contributed by atoms with E-state index in [2.05, 4.69) is 10.1 Å². The first-order valence-corrected chi connectivity index (χ1v) is 4.09. The van der Waals surface area contributed by atoms with Crippen LogP contribution in [0.4, 0.5) is 0 Å². The molecule has 0 aliphatic carbocycles. The van der Waals surface area contributed by atoms with Gasteiger partial charge in [0.2, 0.25) is 0 Å². The molecule has 4 heteroatoms. The second-order valence-electron chi connectivity index (χ2n) is 3.53. The summed E-state index contributed by atoms with van der Waals surface area (Å²) in [7, 11) is 0. The Hall–Kier alpha value is -1.42. The number of fused-ring (bicyclic) bond motifs is 1. The lowest BCUT2D eigenvalue weighted by Crippen LogP contribution is -2.16. The molecule has 2 aromatic rings. The molecule has 0 saturated carbocycles. The molecule has 0 aliphatic rings. The third-order valence-electron chi connectivity index (χ3n) is 1.96. The van der Waals surface area contributed by atoms with Crippen molar-refractivity contribution < 1.29 is 5.11 Å². The van der Waals surface area contributed by atoms with E-state index in [1.165, 1.54) is 0 Å². The van der Waals surface area contributed by atoms with Crippen molar-refractivity contribution in [2.24, 2.45) is 0 Å². The molecule has 0 amide bonds. The van der Waals surface area contributed by atoms with Crippen LogP contribution >= 0.6 is 0 Å². The van der Waals surface area contributed by atoms with Crippen LogP contribution in [0, 0.1) is 0 Å². The molecule has 0 spiro atoms. The van der Waals surface area contributed by atoms with Crippen LogP contribution in [0.1, 0.15) is 19.4 Å². The Balaban J connectivity index is 2.61. The largest absolute Gasteiger partial charge is 0.386 e. The highest BCUT2D eigenvalue weighted by Crippen LogP contribution is 2.18. The standard InChI is InChI=1S/C9H11N3O/c1-9(2,13)7-5-8-10-3-4-12(8)11-6-7/h3-6,13H,1-2H3. The molecule has 0 radical (unpaired) electrons. The summed E-state index contributed by atoms with van der Waals surface area (Å²) in [4.78, 5) is 4.08. The monoisotopic (exact) mass is 177 g/mol. The van der Waals surface area contributed by atoms with Crippen molar-refractivity contribution in [1.29, 1.82) is 0 Å². The molecule has 0 aromatic carbocycles. The number of nitrogens with zero attached hydrogens (tertiary/aromatic N) is 3. The second kappa shape index (κ2) is 2.53. The van der Waals surface area contributed by atoms with Crippen LogP contribution in [0.5, 0.6) is 0 Å². The van der Waals surface area contributed by atoms with Crippen LogP contribution in [-0.2, 0) is 5.60 Å². The highest BCUT2D eigenvalue weighted by atomic mass is 16.3. The first kappa shape index (κ1) is 8.19. The lowest BCUT2D eigenvalue weighted by Gasteiger charge is -2.16. The first-order chi connectivity index (χ1) is 6.07. The van der Waals surface area contributed by atoms with Gasteiger partial charge in [-0.25, -0.2) is 9.50 Å². The maximum Gasteiger partial charge on any atom is 0.153 e. The van der Waals surface area contributed by atoms with Crippen LogP contribution in [0.15, 0.2) is 24.7 Å². The van der Waals surface area contributed by atoms with Gasteiger partial charge in [-0.15, -0.1) is 0 Å². The molecule has 0 fully saturated rings. The lowest BCUT2D eigenvalue weighted by atomic mass is 10.0. The molecule has 2 heterocycles. The Kier molecular flexibility index (Phi) is 1.60. The van der Waals surface area contributed by atoms with Gasteiger partial charge in [-0.1, -0.05) is 0 Å². The van der Waals surface area contributed by atoms with E-state index in [1.807, 2.05) is 6.07 Å². The Morgan fingerprint density at radius 3 is 2.92 bits per heavy atom. The van der Waals surface area contributed by atoms with Crippen LogP contribution in [-0.4, -0.2) is 19.7 Å². The molecule has 68 valence electrons. The fraction of sp³-hybridized carbons (Fsp3) is 0.333. The number of imidazole rings is 1. The molecule has 0 saturated heterocycles. The SMILES string of the molecule is CC(C)(O)c1cnn2ccnc2c1. The molecular formula is C9H11N3O. The molecule has 0 bridgehead atoms. The molecule has 1 N–H and O–H groups in total. The van der Waals surface area contributed by atoms with E-state index in [-0.39, 0.29) is 0 Å². The third-order valence-corrected chi connectivity index (χ3v) is 1.96. The summed E-state index contributed by atoms with van der Waals surface area (Å²) in [5.41, 5.74) is 0.659. The molecule has 0 atom stereocenters. The van der Waals surface area contributed by atoms with Crippen molar-refractivity contribution in [3.05, 3.63) is 30.2 Å². The number of rotatable bonds is 1. The minimum atomic E-state index is -0.860. The number of aliphatic hydroxyl groups is 1. The summed E-state index contributed by atoms with van der Waals surface area (Å²) in [6.07, 6.45) is 5.09. The van der Waals surface area contributed by atoms with Gasteiger partial charge in [-0.3, -0.25) is 0 Å². The van der Waals surface area contributed by atoms with E-state index < -0.39 is 5.60 Å². The van der Waals surface area contributed by atoms with E-state index >= 15 is 0 Å². The highest BCUT2D eigenvalue weighted by molar-refractivity contribution is 5.40. The molecule has 0 aliphatic heterocycles. The molecule has 4 nitrogen and oxygen atoms in total. The Bertz CT molecular complexity index is 428. The minimum absolute atomic E-state index is 0.750. The van der Waals surface area contributed by atoms with Crippen LogP contribution in [0.25, 0.3) is 5.65 Å². The number of hydrogen-bond acceptors (Lipinski definition) is 3. The maximum absolute atomic E-state index is 9.71. The number of aromatic nitrogens is 3. The van der Waals surface area contributed by atoms with E-state index in [0.717, 1.165) is 11.2 Å². The zero-order valence-corrected chi connectivity index (χ0v) is 7.60. The van der Waals surface area contributed by atoms with Gasteiger partial charge in [-0.05, 0) is 19.9 Å². The van der Waals surface area contributed by atoms with E-state index in [9.17, 15) is 5.11 Å². The van der Waals surface area contributed by atoms with Crippen molar-refractivity contribution in [1.82, 2.24) is 14.6 Å². The van der Waals surface area contributed by atoms with Gasteiger partial charge in [0.1, 0.15) is 0 Å². The average Bonchev–Trinajstić information content (AvgIpc) is 2.47. The van der Waals surface area contributed by atoms with Crippen molar-refractivity contribution in [2.45, 2.75) is 19.4 Å². The predicted molar refractivity (Wildman–Crippen MR) is 48.2 cm³/mol. The summed E-state index contributed by atoms with van der Waals surface area (Å²) in [5.74, 6) is 0. The van der Waals surface area contributed by atoms with Gasteiger partial charge in [0.15, 0.2) is 5.65 Å². The summed E-state index contributed by atoms with van der Waals surface area (Å²) >= 11 is 0. The van der Waals surface area contributed by atoms with Gasteiger partial charge in [-0.2, -0.15) is 5.10 Å². The topological polar surface area (TPSA) is 50.4 Å². The van der Waals surface area contributed by atoms with Gasteiger partial charge >= 0.3 is 0 Å². The molecule has 2 rings (SSSR count). The summed E-state index contributed by atoms with van der Waals surface area (Å²) in [6, 6.07) is 1.83. The van der Waals surface area contributed by atoms with E-state index in [1.54, 1.807) is 37.0 Å². The average molecular weight is 177 g/mol. The highest BCUT2D eigenvalue weighted by Gasteiger charge is 2.16. The van der Waals surface area contributed by atoms with E-state index in [0.29, 0.717) is 0 Å².